The van der Waals surface area contributed by atoms with Crippen LogP contribution < -0.4 is 4.90 Å². The number of rotatable bonds is 9. The van der Waals surface area contributed by atoms with E-state index >= 15 is 0 Å². The van der Waals surface area contributed by atoms with Crippen LogP contribution in [0.1, 0.15) is 22.3 Å². The van der Waals surface area contributed by atoms with Crippen LogP contribution in [-0.4, -0.2) is 0 Å². The molecule has 12 aromatic carbocycles. The van der Waals surface area contributed by atoms with Gasteiger partial charge in [0.25, 0.3) is 0 Å². The predicted octanol–water partition coefficient (Wildman–Crippen LogP) is 18.5. The molecule has 0 fully saturated rings. The number of anilines is 3. The van der Waals surface area contributed by atoms with Crippen LogP contribution in [-0.2, 0) is 5.41 Å². The van der Waals surface area contributed by atoms with Crippen LogP contribution in [0, 0.1) is 0 Å². The summed E-state index contributed by atoms with van der Waals surface area (Å²) < 4.78 is 0. The van der Waals surface area contributed by atoms with Gasteiger partial charge in [-0.05, 0) is 125 Å². The summed E-state index contributed by atoms with van der Waals surface area (Å²) in [6, 6.07) is 105. The Morgan fingerprint density at radius 2 is 0.671 bits per heavy atom. The van der Waals surface area contributed by atoms with Crippen molar-refractivity contribution in [2.24, 2.45) is 0 Å². The van der Waals surface area contributed by atoms with Gasteiger partial charge in [0.05, 0.1) is 16.8 Å². The van der Waals surface area contributed by atoms with Crippen molar-refractivity contribution in [3.05, 3.63) is 307 Å². The molecule has 1 heteroatoms. The van der Waals surface area contributed by atoms with Crippen LogP contribution in [0.5, 0.6) is 0 Å². The molecule has 0 amide bonds. The SMILES string of the molecule is c1ccc(C2(c3ccccc3)c3ccccc3-c3c(N(c4cccc(-c5ccc(-c6ccc7ccccc7c6)cc5)c4)c4ccccc4-c4ccc(-c5ccc6ccccc6c5)cc4)cccc32)cc1. The van der Waals surface area contributed by atoms with Crippen molar-refractivity contribution in [1.82, 2.24) is 0 Å². The molecule has 0 bridgehead atoms. The van der Waals surface area contributed by atoms with Gasteiger partial charge < -0.3 is 4.90 Å². The standard InChI is InChI=1S/C69H47N/c1-3-22-59(23-4-1)69(60-24-5-2-6-25-60)64-29-13-11-28-63(64)68-65(69)30-16-32-67(68)70(61-26-15-21-56(47-61)50-33-35-51(36-34-50)57-43-39-48-17-7-9-19-54(48)45-57)66-31-14-12-27-62(66)53-41-37-52(38-42-53)58-44-40-49-18-8-10-20-55(49)46-58/h1-47H. The maximum atomic E-state index is 2.52. The normalized spacial score (nSPS) is 12.4. The maximum Gasteiger partial charge on any atom is 0.0714 e. The Morgan fingerprint density at radius 1 is 0.243 bits per heavy atom. The van der Waals surface area contributed by atoms with E-state index in [4.69, 9.17) is 0 Å². The first kappa shape index (κ1) is 41.2. The molecule has 1 aliphatic rings. The van der Waals surface area contributed by atoms with Crippen LogP contribution in [0.4, 0.5) is 17.1 Å². The maximum absolute atomic E-state index is 2.52. The average Bonchev–Trinajstić information content (AvgIpc) is 3.75. The number of nitrogens with zero attached hydrogens (tertiary/aromatic N) is 1. The Hall–Kier alpha value is -9.04. The van der Waals surface area contributed by atoms with E-state index in [9.17, 15) is 0 Å². The van der Waals surface area contributed by atoms with Crippen molar-refractivity contribution in [3.63, 3.8) is 0 Å². The zero-order valence-corrected chi connectivity index (χ0v) is 38.6. The van der Waals surface area contributed by atoms with Crippen molar-refractivity contribution in [3.8, 4) is 55.6 Å². The van der Waals surface area contributed by atoms with Gasteiger partial charge in [-0.25, -0.2) is 0 Å². The van der Waals surface area contributed by atoms with Gasteiger partial charge in [0.15, 0.2) is 0 Å². The second kappa shape index (κ2) is 17.2. The molecule has 12 aromatic rings. The fourth-order valence-corrected chi connectivity index (χ4v) is 11.2. The highest BCUT2D eigenvalue weighted by Gasteiger charge is 2.47. The fourth-order valence-electron chi connectivity index (χ4n) is 11.2. The third kappa shape index (κ3) is 6.94. The molecule has 328 valence electrons. The van der Waals surface area contributed by atoms with E-state index in [1.54, 1.807) is 0 Å². The molecule has 0 aliphatic heterocycles. The molecular weight excluding hydrogens is 843 g/mol. The molecule has 0 saturated carbocycles. The van der Waals surface area contributed by atoms with Crippen molar-refractivity contribution in [1.29, 1.82) is 0 Å². The Kier molecular flexibility index (Phi) is 10.1. The number of para-hydroxylation sites is 1. The molecule has 13 rings (SSSR count). The molecule has 1 nitrogen and oxygen atoms in total. The van der Waals surface area contributed by atoms with Crippen molar-refractivity contribution in [2.75, 3.05) is 4.90 Å². The second-order valence-electron chi connectivity index (χ2n) is 18.4. The Balaban J connectivity index is 0.993. The van der Waals surface area contributed by atoms with E-state index in [1.807, 2.05) is 0 Å². The molecule has 0 heterocycles. The quantitative estimate of drug-likeness (QED) is 0.140. The molecule has 0 unspecified atom stereocenters. The summed E-state index contributed by atoms with van der Waals surface area (Å²) in [7, 11) is 0. The Morgan fingerprint density at radius 3 is 1.27 bits per heavy atom. The molecule has 0 saturated heterocycles. The van der Waals surface area contributed by atoms with Gasteiger partial charge in [-0.15, -0.1) is 0 Å². The largest absolute Gasteiger partial charge is 0.309 e. The van der Waals surface area contributed by atoms with E-state index in [0.29, 0.717) is 0 Å². The van der Waals surface area contributed by atoms with Crippen molar-refractivity contribution >= 4 is 38.6 Å². The van der Waals surface area contributed by atoms with Crippen LogP contribution in [0.15, 0.2) is 285 Å². The number of benzene rings is 12. The highest BCUT2D eigenvalue weighted by molar-refractivity contribution is 6.00. The second-order valence-corrected chi connectivity index (χ2v) is 18.4. The summed E-state index contributed by atoms with van der Waals surface area (Å²) >= 11 is 0. The highest BCUT2D eigenvalue weighted by atomic mass is 15.1. The smallest absolute Gasteiger partial charge is 0.0714 e. The lowest BCUT2D eigenvalue weighted by molar-refractivity contribution is 0.768. The van der Waals surface area contributed by atoms with Crippen molar-refractivity contribution < 1.29 is 0 Å². The van der Waals surface area contributed by atoms with E-state index in [1.165, 1.54) is 82.7 Å². The fraction of sp³-hybridized carbons (Fsp3) is 0.0145. The number of hydrogen-bond acceptors (Lipinski definition) is 1. The van der Waals surface area contributed by atoms with Gasteiger partial charge in [-0.2, -0.15) is 0 Å². The lowest BCUT2D eigenvalue weighted by Gasteiger charge is -2.34. The van der Waals surface area contributed by atoms with Gasteiger partial charge in [0, 0.05) is 16.8 Å². The first-order valence-electron chi connectivity index (χ1n) is 24.2. The first-order valence-corrected chi connectivity index (χ1v) is 24.2. The zero-order chi connectivity index (χ0) is 46.4. The zero-order valence-electron chi connectivity index (χ0n) is 38.6. The monoisotopic (exact) mass is 889 g/mol. The summed E-state index contributed by atoms with van der Waals surface area (Å²) in [4.78, 5) is 2.52. The van der Waals surface area contributed by atoms with E-state index in [0.717, 1.165) is 33.8 Å². The van der Waals surface area contributed by atoms with Crippen LogP contribution in [0.3, 0.4) is 0 Å². The number of hydrogen-bond donors (Lipinski definition) is 0. The molecule has 0 radical (unpaired) electrons. The summed E-state index contributed by atoms with van der Waals surface area (Å²) in [6.45, 7) is 0. The first-order chi connectivity index (χ1) is 34.7. The molecule has 0 N–H and O–H groups in total. The molecule has 0 atom stereocenters. The lowest BCUT2D eigenvalue weighted by Crippen LogP contribution is -2.28. The Labute approximate surface area is 409 Å². The predicted molar refractivity (Wildman–Crippen MR) is 295 cm³/mol. The van der Waals surface area contributed by atoms with Gasteiger partial charge in [0.2, 0.25) is 0 Å². The minimum absolute atomic E-state index is 0.539. The third-order valence-electron chi connectivity index (χ3n) is 14.5. The van der Waals surface area contributed by atoms with Gasteiger partial charge in [0.1, 0.15) is 0 Å². The van der Waals surface area contributed by atoms with E-state index < -0.39 is 5.41 Å². The van der Waals surface area contributed by atoms with Crippen LogP contribution >= 0.6 is 0 Å². The molecule has 0 spiro atoms. The Bertz CT molecular complexity index is 3830. The van der Waals surface area contributed by atoms with Crippen molar-refractivity contribution in [2.45, 2.75) is 5.41 Å². The highest BCUT2D eigenvalue weighted by Crippen LogP contribution is 2.60. The molecule has 0 aromatic heterocycles. The molecular formula is C69H47N. The third-order valence-corrected chi connectivity index (χ3v) is 14.5. The van der Waals surface area contributed by atoms with Gasteiger partial charge in [-0.1, -0.05) is 249 Å². The summed E-state index contributed by atoms with van der Waals surface area (Å²) in [5.41, 5.74) is 19.7. The van der Waals surface area contributed by atoms with E-state index in [-0.39, 0.29) is 0 Å². The molecule has 70 heavy (non-hydrogen) atoms. The van der Waals surface area contributed by atoms with Crippen LogP contribution in [0.2, 0.25) is 0 Å². The van der Waals surface area contributed by atoms with E-state index in [2.05, 4.69) is 290 Å². The minimum Gasteiger partial charge on any atom is -0.309 e. The minimum atomic E-state index is -0.539. The summed E-state index contributed by atoms with van der Waals surface area (Å²) in [6.07, 6.45) is 0. The van der Waals surface area contributed by atoms with Gasteiger partial charge in [-0.3, -0.25) is 0 Å². The summed E-state index contributed by atoms with van der Waals surface area (Å²) in [5, 5.41) is 4.99. The average molecular weight is 890 g/mol. The van der Waals surface area contributed by atoms with Crippen LogP contribution in [0.25, 0.3) is 77.2 Å². The topological polar surface area (TPSA) is 3.24 Å². The molecule has 1 aliphatic carbocycles. The van der Waals surface area contributed by atoms with Gasteiger partial charge >= 0.3 is 0 Å². The summed E-state index contributed by atoms with van der Waals surface area (Å²) in [5.74, 6) is 0. The lowest BCUT2D eigenvalue weighted by atomic mass is 9.68. The number of fused-ring (bicyclic) bond motifs is 5.